The van der Waals surface area contributed by atoms with Crippen molar-refractivity contribution >= 4 is 5.78 Å². The van der Waals surface area contributed by atoms with Gasteiger partial charge in [-0.15, -0.1) is 0 Å². The average Bonchev–Trinajstić information content (AvgIpc) is 2.32. The number of ether oxygens (including phenoxy) is 1. The molecule has 0 N–H and O–H groups in total. The highest BCUT2D eigenvalue weighted by molar-refractivity contribution is 5.79. The van der Waals surface area contributed by atoms with Crippen LogP contribution >= 0.6 is 0 Å². The maximum Gasteiger partial charge on any atom is 0.133 e. The van der Waals surface area contributed by atoms with Crippen LogP contribution < -0.4 is 0 Å². The van der Waals surface area contributed by atoms with Gasteiger partial charge in [-0.1, -0.05) is 24.3 Å². The highest BCUT2D eigenvalue weighted by Crippen LogP contribution is 2.37. The molecule has 2 heteroatoms. The molecule has 0 spiro atoms. The Morgan fingerprint density at radius 1 is 1.41 bits per heavy atom. The Bertz CT molecular complexity index is 384. The van der Waals surface area contributed by atoms with Gasteiger partial charge in [0.05, 0.1) is 0 Å². The van der Waals surface area contributed by atoms with E-state index in [0.29, 0.717) is 31.1 Å². The quantitative estimate of drug-likeness (QED) is 0.675. The van der Waals surface area contributed by atoms with E-state index in [-0.39, 0.29) is 0 Å². The fourth-order valence-corrected chi connectivity index (χ4v) is 2.44. The highest BCUT2D eigenvalue weighted by atomic mass is 16.5. The first-order valence-corrected chi connectivity index (χ1v) is 6.48. The molecule has 0 saturated carbocycles. The van der Waals surface area contributed by atoms with E-state index in [1.807, 2.05) is 6.92 Å². The van der Waals surface area contributed by atoms with Gasteiger partial charge in [0.1, 0.15) is 5.78 Å². The van der Waals surface area contributed by atoms with Gasteiger partial charge in [0.2, 0.25) is 0 Å². The summed E-state index contributed by atoms with van der Waals surface area (Å²) in [6.07, 6.45) is 3.32. The summed E-state index contributed by atoms with van der Waals surface area (Å²) in [6.45, 7) is 3.43. The fraction of sp³-hybridized carbons (Fsp3) is 0.533. The first-order chi connectivity index (χ1) is 8.31. The molecule has 2 nitrogen and oxygen atoms in total. The van der Waals surface area contributed by atoms with Gasteiger partial charge in [0.15, 0.2) is 0 Å². The molecule has 0 saturated heterocycles. The Morgan fingerprint density at radius 2 is 2.24 bits per heavy atom. The van der Waals surface area contributed by atoms with Crippen LogP contribution in [0, 0.1) is 0 Å². The number of Topliss-reactive ketones (excluding diaryl/α,β-unsaturated/α-hetero) is 1. The first-order valence-electron chi connectivity index (χ1n) is 6.48. The molecule has 0 fully saturated rings. The van der Waals surface area contributed by atoms with Crippen molar-refractivity contribution in [2.45, 2.75) is 38.5 Å². The Kier molecular flexibility index (Phi) is 4.32. The Balaban J connectivity index is 1.71. The molecule has 1 aliphatic rings. The Morgan fingerprint density at radius 3 is 3.00 bits per heavy atom. The predicted molar refractivity (Wildman–Crippen MR) is 68.2 cm³/mol. The molecule has 0 aliphatic heterocycles. The van der Waals surface area contributed by atoms with Crippen LogP contribution in [0.5, 0.6) is 0 Å². The summed E-state index contributed by atoms with van der Waals surface area (Å²) >= 11 is 0. The van der Waals surface area contributed by atoms with Crippen LogP contribution in [0.15, 0.2) is 24.3 Å². The van der Waals surface area contributed by atoms with Crippen LogP contribution in [-0.4, -0.2) is 19.0 Å². The highest BCUT2D eigenvalue weighted by Gasteiger charge is 2.26. The summed E-state index contributed by atoms with van der Waals surface area (Å²) in [5.74, 6) is 0.856. The molecule has 1 aromatic carbocycles. The average molecular weight is 232 g/mol. The van der Waals surface area contributed by atoms with Crippen LogP contribution in [0.1, 0.15) is 43.2 Å². The monoisotopic (exact) mass is 232 g/mol. The van der Waals surface area contributed by atoms with E-state index in [4.69, 9.17) is 4.74 Å². The zero-order valence-corrected chi connectivity index (χ0v) is 10.4. The largest absolute Gasteiger partial charge is 0.382 e. The smallest absolute Gasteiger partial charge is 0.133 e. The summed E-state index contributed by atoms with van der Waals surface area (Å²) in [6, 6.07) is 8.44. The van der Waals surface area contributed by atoms with Gasteiger partial charge in [0.25, 0.3) is 0 Å². The lowest BCUT2D eigenvalue weighted by atomic mass is 9.75. The Labute approximate surface area is 103 Å². The van der Waals surface area contributed by atoms with Crippen molar-refractivity contribution in [1.29, 1.82) is 0 Å². The van der Waals surface area contributed by atoms with Gasteiger partial charge in [0, 0.05) is 26.1 Å². The maximum atomic E-state index is 11.8. The zero-order chi connectivity index (χ0) is 12.1. The summed E-state index contributed by atoms with van der Waals surface area (Å²) in [5, 5.41) is 0. The molecule has 1 aromatic rings. The second kappa shape index (κ2) is 5.97. The molecule has 1 atom stereocenters. The number of hydrogen-bond donors (Lipinski definition) is 0. The second-order valence-corrected chi connectivity index (χ2v) is 4.64. The van der Waals surface area contributed by atoms with Gasteiger partial charge in [-0.2, -0.15) is 0 Å². The number of carbonyl (C=O) groups is 1. The maximum absolute atomic E-state index is 11.8. The van der Waals surface area contributed by atoms with Crippen LogP contribution in [-0.2, 0) is 16.0 Å². The minimum atomic E-state index is 0.379. The molecular weight excluding hydrogens is 212 g/mol. The number of benzene rings is 1. The molecule has 92 valence electrons. The molecule has 0 heterocycles. The number of rotatable bonds is 7. The van der Waals surface area contributed by atoms with Crippen molar-refractivity contribution in [3.63, 3.8) is 0 Å². The second-order valence-electron chi connectivity index (χ2n) is 4.64. The fourth-order valence-electron chi connectivity index (χ4n) is 2.44. The van der Waals surface area contributed by atoms with Crippen LogP contribution in [0.4, 0.5) is 0 Å². The molecule has 0 aromatic heterocycles. The van der Waals surface area contributed by atoms with E-state index in [0.717, 1.165) is 19.4 Å². The lowest BCUT2D eigenvalue weighted by Crippen LogP contribution is -2.20. The van der Waals surface area contributed by atoms with Crippen molar-refractivity contribution in [1.82, 2.24) is 0 Å². The van der Waals surface area contributed by atoms with E-state index in [9.17, 15) is 4.79 Å². The van der Waals surface area contributed by atoms with E-state index in [1.54, 1.807) is 0 Å². The third-order valence-electron chi connectivity index (χ3n) is 3.38. The van der Waals surface area contributed by atoms with Crippen LogP contribution in [0.3, 0.4) is 0 Å². The first kappa shape index (κ1) is 12.3. The predicted octanol–water partition coefficient (Wildman–Crippen LogP) is 3.10. The van der Waals surface area contributed by atoms with Crippen molar-refractivity contribution in [3.05, 3.63) is 35.4 Å². The number of hydrogen-bond acceptors (Lipinski definition) is 2. The van der Waals surface area contributed by atoms with E-state index in [2.05, 4.69) is 24.3 Å². The molecule has 0 bridgehead atoms. The normalized spacial score (nSPS) is 17.4. The van der Waals surface area contributed by atoms with Crippen molar-refractivity contribution in [2.24, 2.45) is 0 Å². The zero-order valence-electron chi connectivity index (χ0n) is 10.4. The number of carbonyl (C=O) groups excluding carboxylic acids is 1. The molecular formula is C15H20O2. The molecule has 1 unspecified atom stereocenters. The standard InChI is InChI=1S/C15H20O2/c1-2-17-9-5-7-14(16)11-13-10-12-6-3-4-8-15(12)13/h3-4,6,8,13H,2,5,7,9-11H2,1H3. The molecule has 1 aliphatic carbocycles. The third-order valence-corrected chi connectivity index (χ3v) is 3.38. The summed E-state index contributed by atoms with van der Waals surface area (Å²) in [5.41, 5.74) is 2.80. The molecule has 0 radical (unpaired) electrons. The van der Waals surface area contributed by atoms with Gasteiger partial charge in [-0.25, -0.2) is 0 Å². The minimum absolute atomic E-state index is 0.379. The lowest BCUT2D eigenvalue weighted by Gasteiger charge is -2.29. The van der Waals surface area contributed by atoms with Crippen molar-refractivity contribution in [3.8, 4) is 0 Å². The van der Waals surface area contributed by atoms with Gasteiger partial charge >= 0.3 is 0 Å². The van der Waals surface area contributed by atoms with E-state index in [1.165, 1.54) is 11.1 Å². The summed E-state index contributed by atoms with van der Waals surface area (Å²) in [4.78, 5) is 11.8. The van der Waals surface area contributed by atoms with Gasteiger partial charge < -0.3 is 4.74 Å². The van der Waals surface area contributed by atoms with E-state index >= 15 is 0 Å². The lowest BCUT2D eigenvalue weighted by molar-refractivity contribution is -0.119. The topological polar surface area (TPSA) is 26.3 Å². The Hall–Kier alpha value is -1.15. The van der Waals surface area contributed by atoms with Crippen molar-refractivity contribution in [2.75, 3.05) is 13.2 Å². The third kappa shape index (κ3) is 3.16. The minimum Gasteiger partial charge on any atom is -0.382 e. The van der Waals surface area contributed by atoms with Crippen molar-refractivity contribution < 1.29 is 9.53 Å². The van der Waals surface area contributed by atoms with Crippen LogP contribution in [0.25, 0.3) is 0 Å². The van der Waals surface area contributed by atoms with Gasteiger partial charge in [-0.3, -0.25) is 4.79 Å². The van der Waals surface area contributed by atoms with Gasteiger partial charge in [-0.05, 0) is 36.8 Å². The number of fused-ring (bicyclic) bond motifs is 1. The van der Waals surface area contributed by atoms with E-state index < -0.39 is 0 Å². The number of ketones is 1. The molecule has 2 rings (SSSR count). The molecule has 0 amide bonds. The van der Waals surface area contributed by atoms with Crippen LogP contribution in [0.2, 0.25) is 0 Å². The summed E-state index contributed by atoms with van der Waals surface area (Å²) < 4.78 is 5.23. The SMILES string of the molecule is CCOCCCC(=O)CC1Cc2ccccc21. The summed E-state index contributed by atoms with van der Waals surface area (Å²) in [7, 11) is 0. The molecule has 17 heavy (non-hydrogen) atoms.